The van der Waals surface area contributed by atoms with E-state index >= 15 is 0 Å². The van der Waals surface area contributed by atoms with E-state index in [1.807, 2.05) is 0 Å². The Kier molecular flexibility index (Phi) is 3.86. The standard InChI is InChI=1S/C9H8.C4H6O2/c1-2-5-9-7-3-6-8(9)4-1;1-3(2)4(5)6/h1-6H,7H2;1H2,2H3,(H,5,6). The van der Waals surface area contributed by atoms with Crippen LogP contribution in [0.4, 0.5) is 0 Å². The van der Waals surface area contributed by atoms with E-state index in [1.54, 1.807) is 0 Å². The van der Waals surface area contributed by atoms with Crippen molar-refractivity contribution in [3.63, 3.8) is 0 Å². The summed E-state index contributed by atoms with van der Waals surface area (Å²) in [5.41, 5.74) is 3.02. The molecule has 78 valence electrons. The average Bonchev–Trinajstić information content (AvgIpc) is 2.66. The predicted molar refractivity (Wildman–Crippen MR) is 61.6 cm³/mol. The third kappa shape index (κ3) is 3.43. The summed E-state index contributed by atoms with van der Waals surface area (Å²) in [7, 11) is 0. The maximum absolute atomic E-state index is 9.60. The number of hydrogen-bond donors (Lipinski definition) is 1. The Morgan fingerprint density at radius 2 is 2.00 bits per heavy atom. The first-order chi connectivity index (χ1) is 7.11. The quantitative estimate of drug-likeness (QED) is 0.711. The lowest BCUT2D eigenvalue weighted by Crippen LogP contribution is -1.92. The first-order valence-electron chi connectivity index (χ1n) is 4.74. The largest absolute Gasteiger partial charge is 0.478 e. The molecule has 1 aliphatic carbocycles. The predicted octanol–water partition coefficient (Wildman–Crippen LogP) is 2.90. The molecule has 15 heavy (non-hydrogen) atoms. The van der Waals surface area contributed by atoms with Gasteiger partial charge in [-0.15, -0.1) is 0 Å². The number of carboxylic acid groups (broad SMARTS) is 1. The summed E-state index contributed by atoms with van der Waals surface area (Å²) in [5.74, 6) is -0.935. The summed E-state index contributed by atoms with van der Waals surface area (Å²) in [4.78, 5) is 9.60. The fourth-order valence-electron chi connectivity index (χ4n) is 1.20. The first-order valence-corrected chi connectivity index (χ1v) is 4.74. The van der Waals surface area contributed by atoms with E-state index in [0.717, 1.165) is 6.42 Å². The van der Waals surface area contributed by atoms with Crippen molar-refractivity contribution in [3.8, 4) is 0 Å². The Hall–Kier alpha value is -1.83. The van der Waals surface area contributed by atoms with Crippen molar-refractivity contribution in [2.45, 2.75) is 13.3 Å². The molecule has 0 aliphatic heterocycles. The molecule has 1 aromatic carbocycles. The van der Waals surface area contributed by atoms with Crippen molar-refractivity contribution in [3.05, 3.63) is 53.6 Å². The minimum absolute atomic E-state index is 0.176. The monoisotopic (exact) mass is 202 g/mol. The van der Waals surface area contributed by atoms with Gasteiger partial charge >= 0.3 is 5.97 Å². The fourth-order valence-corrected chi connectivity index (χ4v) is 1.20. The average molecular weight is 202 g/mol. The highest BCUT2D eigenvalue weighted by Crippen LogP contribution is 2.17. The van der Waals surface area contributed by atoms with Crippen LogP contribution in [0.25, 0.3) is 6.08 Å². The van der Waals surface area contributed by atoms with Crippen LogP contribution in [-0.4, -0.2) is 11.1 Å². The molecule has 1 aliphatic rings. The number of fused-ring (bicyclic) bond motifs is 1. The molecule has 0 saturated heterocycles. The molecule has 0 amide bonds. The molecule has 1 N–H and O–H groups in total. The lowest BCUT2D eigenvalue weighted by molar-refractivity contribution is -0.132. The highest BCUT2D eigenvalue weighted by molar-refractivity contribution is 5.84. The SMILES string of the molecule is C1=Cc2ccccc2C1.C=C(C)C(=O)O. The zero-order valence-electron chi connectivity index (χ0n) is 8.73. The van der Waals surface area contributed by atoms with Gasteiger partial charge in [-0.1, -0.05) is 43.0 Å². The Labute approximate surface area is 89.6 Å². The summed E-state index contributed by atoms with van der Waals surface area (Å²) in [6, 6.07) is 8.49. The molecule has 0 radical (unpaired) electrons. The second kappa shape index (κ2) is 5.15. The zero-order valence-corrected chi connectivity index (χ0v) is 8.73. The number of hydrogen-bond acceptors (Lipinski definition) is 1. The van der Waals surface area contributed by atoms with Crippen molar-refractivity contribution < 1.29 is 9.90 Å². The number of carboxylic acids is 1. The van der Waals surface area contributed by atoms with Crippen LogP contribution < -0.4 is 0 Å². The number of rotatable bonds is 1. The molecule has 2 rings (SSSR count). The van der Waals surface area contributed by atoms with Crippen LogP contribution in [-0.2, 0) is 11.2 Å². The molecule has 0 atom stereocenters. The van der Waals surface area contributed by atoms with Gasteiger partial charge in [0.05, 0.1) is 0 Å². The third-order valence-electron chi connectivity index (χ3n) is 2.06. The van der Waals surface area contributed by atoms with Crippen LogP contribution in [0.5, 0.6) is 0 Å². The van der Waals surface area contributed by atoms with Crippen LogP contribution in [0.3, 0.4) is 0 Å². The van der Waals surface area contributed by atoms with Gasteiger partial charge in [0.15, 0.2) is 0 Å². The van der Waals surface area contributed by atoms with Crippen LogP contribution in [0.2, 0.25) is 0 Å². The van der Waals surface area contributed by atoms with E-state index in [2.05, 4.69) is 43.0 Å². The highest BCUT2D eigenvalue weighted by Gasteiger charge is 2.00. The van der Waals surface area contributed by atoms with Gasteiger partial charge in [0.25, 0.3) is 0 Å². The van der Waals surface area contributed by atoms with E-state index in [9.17, 15) is 4.79 Å². The van der Waals surface area contributed by atoms with Gasteiger partial charge < -0.3 is 5.11 Å². The van der Waals surface area contributed by atoms with E-state index in [4.69, 9.17) is 5.11 Å². The second-order valence-corrected chi connectivity index (χ2v) is 3.39. The van der Waals surface area contributed by atoms with E-state index in [0.29, 0.717) is 0 Å². The summed E-state index contributed by atoms with van der Waals surface area (Å²) in [6.45, 7) is 4.60. The summed E-state index contributed by atoms with van der Waals surface area (Å²) >= 11 is 0. The third-order valence-corrected chi connectivity index (χ3v) is 2.06. The van der Waals surface area contributed by atoms with Crippen molar-refractivity contribution >= 4 is 12.0 Å². The summed E-state index contributed by atoms with van der Waals surface area (Å²) < 4.78 is 0. The molecule has 0 aromatic heterocycles. The Morgan fingerprint density at radius 3 is 2.53 bits per heavy atom. The minimum atomic E-state index is -0.935. The van der Waals surface area contributed by atoms with Gasteiger partial charge in [0.1, 0.15) is 0 Å². The number of aliphatic carboxylic acids is 1. The summed E-state index contributed by atoms with van der Waals surface area (Å²) in [6.07, 6.45) is 5.50. The van der Waals surface area contributed by atoms with Crippen LogP contribution in [0.15, 0.2) is 42.5 Å². The molecule has 0 heterocycles. The molecule has 0 fully saturated rings. The van der Waals surface area contributed by atoms with Gasteiger partial charge in [-0.2, -0.15) is 0 Å². The van der Waals surface area contributed by atoms with Crippen LogP contribution >= 0.6 is 0 Å². The molecular formula is C13H14O2. The number of carbonyl (C=O) groups is 1. The van der Waals surface area contributed by atoms with Crippen molar-refractivity contribution in [2.75, 3.05) is 0 Å². The first kappa shape index (κ1) is 11.2. The Bertz CT molecular complexity index is 391. The topological polar surface area (TPSA) is 37.3 Å². The van der Waals surface area contributed by atoms with Crippen LogP contribution in [0.1, 0.15) is 18.1 Å². The van der Waals surface area contributed by atoms with Gasteiger partial charge in [0.2, 0.25) is 0 Å². The zero-order chi connectivity index (χ0) is 11.3. The molecule has 0 bridgehead atoms. The molecule has 0 saturated carbocycles. The van der Waals surface area contributed by atoms with Crippen LogP contribution in [0, 0.1) is 0 Å². The van der Waals surface area contributed by atoms with E-state index in [1.165, 1.54) is 18.1 Å². The van der Waals surface area contributed by atoms with Gasteiger partial charge in [-0.25, -0.2) is 4.79 Å². The van der Waals surface area contributed by atoms with Crippen molar-refractivity contribution in [1.82, 2.24) is 0 Å². The maximum atomic E-state index is 9.60. The molecule has 1 aromatic rings. The smallest absolute Gasteiger partial charge is 0.330 e. The number of benzene rings is 1. The minimum Gasteiger partial charge on any atom is -0.478 e. The van der Waals surface area contributed by atoms with Gasteiger partial charge in [0, 0.05) is 5.57 Å². The molecule has 2 nitrogen and oxygen atoms in total. The van der Waals surface area contributed by atoms with Crippen molar-refractivity contribution in [2.24, 2.45) is 0 Å². The van der Waals surface area contributed by atoms with Crippen molar-refractivity contribution in [1.29, 1.82) is 0 Å². The van der Waals surface area contributed by atoms with E-state index in [-0.39, 0.29) is 5.57 Å². The van der Waals surface area contributed by atoms with Gasteiger partial charge in [-0.05, 0) is 24.5 Å². The molecule has 0 unspecified atom stereocenters. The Morgan fingerprint density at radius 1 is 1.40 bits per heavy atom. The maximum Gasteiger partial charge on any atom is 0.330 e. The Balaban J connectivity index is 0.000000167. The lowest BCUT2D eigenvalue weighted by Gasteiger charge is -1.93. The van der Waals surface area contributed by atoms with Gasteiger partial charge in [-0.3, -0.25) is 0 Å². The summed E-state index contributed by atoms with van der Waals surface area (Å²) in [5, 5.41) is 7.89. The second-order valence-electron chi connectivity index (χ2n) is 3.39. The molecular weight excluding hydrogens is 188 g/mol. The molecule has 2 heteroatoms. The number of allylic oxidation sites excluding steroid dienone is 1. The lowest BCUT2D eigenvalue weighted by atomic mass is 10.1. The fraction of sp³-hybridized carbons (Fsp3) is 0.154. The van der Waals surface area contributed by atoms with E-state index < -0.39 is 5.97 Å². The molecule has 0 spiro atoms. The normalized spacial score (nSPS) is 11.3. The highest BCUT2D eigenvalue weighted by atomic mass is 16.4.